The molecule has 2 rings (SSSR count). The molecule has 0 unspecified atom stereocenters. The third-order valence-corrected chi connectivity index (χ3v) is 6.11. The van der Waals surface area contributed by atoms with Crippen LogP contribution in [0.15, 0.2) is 29.3 Å². The van der Waals surface area contributed by atoms with Gasteiger partial charge in [-0.1, -0.05) is 17.7 Å². The van der Waals surface area contributed by atoms with Crippen LogP contribution in [0, 0.1) is 6.92 Å². The van der Waals surface area contributed by atoms with Crippen LogP contribution < -0.4 is 10.1 Å². The van der Waals surface area contributed by atoms with E-state index in [9.17, 15) is 0 Å². The molecule has 5 nitrogen and oxygen atoms in total. The summed E-state index contributed by atoms with van der Waals surface area (Å²) in [6.45, 7) is 6.09. The predicted octanol–water partition coefficient (Wildman–Crippen LogP) is 2.79. The molecule has 0 aliphatic carbocycles. The van der Waals surface area contributed by atoms with Crippen molar-refractivity contribution in [1.82, 2.24) is 10.2 Å². The summed E-state index contributed by atoms with van der Waals surface area (Å²) in [5, 5.41) is 3.53. The van der Waals surface area contributed by atoms with Crippen molar-refractivity contribution in [2.24, 2.45) is 4.99 Å². The summed E-state index contributed by atoms with van der Waals surface area (Å²) in [6, 6.07) is 8.15. The largest absolute Gasteiger partial charge is 0.492 e. The van der Waals surface area contributed by atoms with Gasteiger partial charge in [0.05, 0.1) is 6.54 Å². The SMILES string of the molecule is CN=C(NCC1(SC)CCOCC1)N(C)CCOc1ccc(C)cc1. The molecule has 1 aromatic rings. The number of thioether (sulfide) groups is 1. The van der Waals surface area contributed by atoms with Gasteiger partial charge in [-0.25, -0.2) is 0 Å². The molecule has 0 aromatic heterocycles. The van der Waals surface area contributed by atoms with E-state index in [4.69, 9.17) is 9.47 Å². The number of nitrogens with one attached hydrogen (secondary N) is 1. The maximum atomic E-state index is 5.82. The van der Waals surface area contributed by atoms with Gasteiger partial charge >= 0.3 is 0 Å². The number of likely N-dealkylation sites (N-methyl/N-ethyl adjacent to an activating group) is 1. The fourth-order valence-corrected chi connectivity index (χ4v) is 3.65. The number of rotatable bonds is 7. The van der Waals surface area contributed by atoms with E-state index in [2.05, 4.69) is 40.5 Å². The number of ether oxygens (including phenoxy) is 2. The highest BCUT2D eigenvalue weighted by Crippen LogP contribution is 2.32. The molecule has 0 bridgehead atoms. The average Bonchev–Trinajstić information content (AvgIpc) is 2.64. The Morgan fingerprint density at radius 1 is 1.32 bits per heavy atom. The van der Waals surface area contributed by atoms with E-state index in [1.165, 1.54) is 5.56 Å². The molecule has 1 heterocycles. The first-order valence-corrected chi connectivity index (χ1v) is 10.1. The van der Waals surface area contributed by atoms with E-state index < -0.39 is 0 Å². The van der Waals surface area contributed by atoms with Crippen molar-refractivity contribution >= 4 is 17.7 Å². The highest BCUT2D eigenvalue weighted by molar-refractivity contribution is 8.00. The molecule has 0 amide bonds. The van der Waals surface area contributed by atoms with Crippen LogP contribution in [-0.4, -0.2) is 68.9 Å². The molecule has 1 saturated heterocycles. The zero-order valence-corrected chi connectivity index (χ0v) is 16.7. The molecule has 6 heteroatoms. The molecular weight excluding hydrogens is 334 g/mol. The van der Waals surface area contributed by atoms with Crippen LogP contribution in [-0.2, 0) is 4.74 Å². The third-order valence-electron chi connectivity index (χ3n) is 4.70. The minimum atomic E-state index is 0.243. The van der Waals surface area contributed by atoms with E-state index in [0.717, 1.165) is 50.9 Å². The summed E-state index contributed by atoms with van der Waals surface area (Å²) in [6.07, 6.45) is 4.35. The van der Waals surface area contributed by atoms with Crippen LogP contribution in [0.1, 0.15) is 18.4 Å². The number of nitrogens with zero attached hydrogens (tertiary/aromatic N) is 2. The van der Waals surface area contributed by atoms with Crippen LogP contribution >= 0.6 is 11.8 Å². The molecule has 25 heavy (non-hydrogen) atoms. The summed E-state index contributed by atoms with van der Waals surface area (Å²) in [5.41, 5.74) is 1.24. The molecule has 1 N–H and O–H groups in total. The van der Waals surface area contributed by atoms with Gasteiger partial charge in [0, 0.05) is 38.6 Å². The summed E-state index contributed by atoms with van der Waals surface area (Å²) >= 11 is 1.93. The Hall–Kier alpha value is -1.40. The first-order chi connectivity index (χ1) is 12.1. The summed E-state index contributed by atoms with van der Waals surface area (Å²) in [4.78, 5) is 6.52. The number of hydrogen-bond acceptors (Lipinski definition) is 4. The first kappa shape index (κ1) is 19.9. The van der Waals surface area contributed by atoms with E-state index >= 15 is 0 Å². The molecule has 1 aromatic carbocycles. The van der Waals surface area contributed by atoms with Crippen molar-refractivity contribution in [2.75, 3.05) is 53.3 Å². The first-order valence-electron chi connectivity index (χ1n) is 8.83. The fraction of sp³-hybridized carbons (Fsp3) is 0.632. The van der Waals surface area contributed by atoms with Crippen LogP contribution in [0.3, 0.4) is 0 Å². The minimum absolute atomic E-state index is 0.243. The molecule has 1 fully saturated rings. The van der Waals surface area contributed by atoms with Crippen LogP contribution in [0.25, 0.3) is 0 Å². The second-order valence-corrected chi connectivity index (χ2v) is 7.76. The summed E-state index contributed by atoms with van der Waals surface area (Å²) in [5.74, 6) is 1.82. The van der Waals surface area contributed by atoms with E-state index in [-0.39, 0.29) is 4.75 Å². The van der Waals surface area contributed by atoms with Crippen molar-refractivity contribution in [3.8, 4) is 5.75 Å². The van der Waals surface area contributed by atoms with Crippen molar-refractivity contribution in [3.63, 3.8) is 0 Å². The second kappa shape index (κ2) is 9.92. The lowest BCUT2D eigenvalue weighted by Gasteiger charge is -2.36. The maximum absolute atomic E-state index is 5.82. The fourth-order valence-electron chi connectivity index (χ4n) is 2.86. The van der Waals surface area contributed by atoms with Gasteiger partial charge in [0.15, 0.2) is 5.96 Å². The Morgan fingerprint density at radius 2 is 2.00 bits per heavy atom. The van der Waals surface area contributed by atoms with Crippen LogP contribution in [0.5, 0.6) is 5.75 Å². The topological polar surface area (TPSA) is 46.1 Å². The van der Waals surface area contributed by atoms with Gasteiger partial charge in [-0.05, 0) is 38.2 Å². The Balaban J connectivity index is 1.78. The van der Waals surface area contributed by atoms with Crippen LogP contribution in [0.4, 0.5) is 0 Å². The van der Waals surface area contributed by atoms with Crippen molar-refractivity contribution in [1.29, 1.82) is 0 Å². The number of aryl methyl sites for hydroxylation is 1. The van der Waals surface area contributed by atoms with Gasteiger partial charge in [0.25, 0.3) is 0 Å². The molecular formula is C19H31N3O2S. The van der Waals surface area contributed by atoms with Gasteiger partial charge in [-0.3, -0.25) is 4.99 Å². The average molecular weight is 366 g/mol. The lowest BCUT2D eigenvalue weighted by molar-refractivity contribution is 0.0781. The number of benzene rings is 1. The molecule has 0 radical (unpaired) electrons. The standard InChI is InChI=1S/C19H31N3O2S/c1-16-5-7-17(8-6-16)24-14-11-22(3)18(20-2)21-15-19(25-4)9-12-23-13-10-19/h5-8H,9-15H2,1-4H3,(H,20,21). The van der Waals surface area contributed by atoms with E-state index in [0.29, 0.717) is 6.61 Å². The minimum Gasteiger partial charge on any atom is -0.492 e. The molecule has 1 aliphatic heterocycles. The Bertz CT molecular complexity index is 542. The number of guanidine groups is 1. The van der Waals surface area contributed by atoms with Crippen molar-refractivity contribution < 1.29 is 9.47 Å². The van der Waals surface area contributed by atoms with Crippen molar-refractivity contribution in [2.45, 2.75) is 24.5 Å². The monoisotopic (exact) mass is 365 g/mol. The molecule has 140 valence electrons. The highest BCUT2D eigenvalue weighted by Gasteiger charge is 2.32. The Labute approximate surface area is 156 Å². The Morgan fingerprint density at radius 3 is 2.60 bits per heavy atom. The maximum Gasteiger partial charge on any atom is 0.193 e. The lowest BCUT2D eigenvalue weighted by Crippen LogP contribution is -2.48. The number of aliphatic imine (C=N–C) groups is 1. The zero-order chi connectivity index (χ0) is 18.1. The molecule has 1 aliphatic rings. The van der Waals surface area contributed by atoms with Gasteiger partial charge in [-0.2, -0.15) is 11.8 Å². The molecule has 0 saturated carbocycles. The van der Waals surface area contributed by atoms with E-state index in [1.807, 2.05) is 38.0 Å². The van der Waals surface area contributed by atoms with Gasteiger partial charge in [-0.15, -0.1) is 0 Å². The molecule has 0 atom stereocenters. The van der Waals surface area contributed by atoms with Crippen LogP contribution in [0.2, 0.25) is 0 Å². The highest BCUT2D eigenvalue weighted by atomic mass is 32.2. The quantitative estimate of drug-likeness (QED) is 0.595. The predicted molar refractivity (Wildman–Crippen MR) is 107 cm³/mol. The third kappa shape index (κ3) is 6.12. The smallest absolute Gasteiger partial charge is 0.193 e. The van der Waals surface area contributed by atoms with Crippen molar-refractivity contribution in [3.05, 3.63) is 29.8 Å². The number of hydrogen-bond donors (Lipinski definition) is 1. The lowest BCUT2D eigenvalue weighted by atomic mass is 9.99. The van der Waals surface area contributed by atoms with E-state index in [1.54, 1.807) is 0 Å². The molecule has 0 spiro atoms. The van der Waals surface area contributed by atoms with Gasteiger partial charge in [0.1, 0.15) is 12.4 Å². The second-order valence-electron chi connectivity index (χ2n) is 6.48. The Kier molecular flexibility index (Phi) is 7.90. The van der Waals surface area contributed by atoms with Gasteiger partial charge < -0.3 is 19.7 Å². The summed E-state index contributed by atoms with van der Waals surface area (Å²) < 4.78 is 11.6. The zero-order valence-electron chi connectivity index (χ0n) is 15.9. The van der Waals surface area contributed by atoms with Gasteiger partial charge in [0.2, 0.25) is 0 Å². The normalized spacial score (nSPS) is 17.2. The summed E-state index contributed by atoms with van der Waals surface area (Å²) in [7, 11) is 3.87.